The molecule has 1 aromatic heterocycles. The zero-order chi connectivity index (χ0) is 20.5. The fourth-order valence-corrected chi connectivity index (χ4v) is 3.43. The average molecular weight is 454 g/mol. The van der Waals surface area contributed by atoms with E-state index in [0.717, 1.165) is 22.4 Å². The standard InChI is InChI=1S/C20H12BrN3O5/c21-13-7-12(19(25)16(8-13)24(27)28)10-22-23-20(26)18-9-15-14-4-2-1-3-11(14)5-6-17(15)29-18/h1-10,25H,(H,23,26)/b22-10-. The highest BCUT2D eigenvalue weighted by Gasteiger charge is 2.18. The van der Waals surface area contributed by atoms with Crippen molar-refractivity contribution in [3.63, 3.8) is 0 Å². The number of fused-ring (bicyclic) bond motifs is 3. The van der Waals surface area contributed by atoms with E-state index in [1.165, 1.54) is 12.1 Å². The predicted molar refractivity (Wildman–Crippen MR) is 111 cm³/mol. The number of furan rings is 1. The smallest absolute Gasteiger partial charge is 0.312 e. The van der Waals surface area contributed by atoms with Crippen molar-refractivity contribution in [2.75, 3.05) is 0 Å². The number of hydrogen-bond donors (Lipinski definition) is 2. The molecule has 0 spiro atoms. The molecule has 8 nitrogen and oxygen atoms in total. The first-order chi connectivity index (χ1) is 13.9. The van der Waals surface area contributed by atoms with Crippen molar-refractivity contribution in [3.05, 3.63) is 80.5 Å². The van der Waals surface area contributed by atoms with E-state index in [0.29, 0.717) is 10.1 Å². The van der Waals surface area contributed by atoms with Gasteiger partial charge >= 0.3 is 11.6 Å². The van der Waals surface area contributed by atoms with E-state index in [9.17, 15) is 20.0 Å². The summed E-state index contributed by atoms with van der Waals surface area (Å²) in [6, 6.07) is 15.7. The molecular formula is C20H12BrN3O5. The number of nitro groups is 1. The van der Waals surface area contributed by atoms with Gasteiger partial charge in [0.1, 0.15) is 5.58 Å². The zero-order valence-corrected chi connectivity index (χ0v) is 16.2. The summed E-state index contributed by atoms with van der Waals surface area (Å²) >= 11 is 3.13. The number of carbonyl (C=O) groups is 1. The fourth-order valence-electron chi connectivity index (χ4n) is 2.96. The number of halogens is 1. The van der Waals surface area contributed by atoms with Gasteiger partial charge in [-0.2, -0.15) is 5.10 Å². The number of carbonyl (C=O) groups excluding carboxylic acids is 1. The van der Waals surface area contributed by atoms with Crippen LogP contribution in [0.3, 0.4) is 0 Å². The van der Waals surface area contributed by atoms with E-state index in [1.54, 1.807) is 12.1 Å². The van der Waals surface area contributed by atoms with Crippen molar-refractivity contribution in [2.45, 2.75) is 0 Å². The second-order valence-electron chi connectivity index (χ2n) is 6.13. The van der Waals surface area contributed by atoms with Crippen LogP contribution in [0.2, 0.25) is 0 Å². The van der Waals surface area contributed by atoms with Gasteiger partial charge in [0.05, 0.1) is 11.1 Å². The second kappa shape index (κ2) is 7.36. The van der Waals surface area contributed by atoms with Gasteiger partial charge in [-0.05, 0) is 29.0 Å². The number of hydrazone groups is 1. The van der Waals surface area contributed by atoms with E-state index < -0.39 is 22.3 Å². The van der Waals surface area contributed by atoms with Gasteiger partial charge in [-0.3, -0.25) is 14.9 Å². The fraction of sp³-hybridized carbons (Fsp3) is 0. The van der Waals surface area contributed by atoms with E-state index in [-0.39, 0.29) is 11.3 Å². The number of rotatable bonds is 4. The molecule has 9 heteroatoms. The maximum absolute atomic E-state index is 12.4. The molecule has 0 atom stereocenters. The highest BCUT2D eigenvalue weighted by molar-refractivity contribution is 9.10. The third-order valence-corrected chi connectivity index (χ3v) is 4.76. The summed E-state index contributed by atoms with van der Waals surface area (Å²) in [5, 5.41) is 27.5. The number of nitro benzene ring substituents is 1. The summed E-state index contributed by atoms with van der Waals surface area (Å²) in [4.78, 5) is 22.6. The minimum atomic E-state index is -0.714. The number of phenolic OH excluding ortho intramolecular Hbond substituents is 1. The quantitative estimate of drug-likeness (QED) is 0.263. The second-order valence-corrected chi connectivity index (χ2v) is 7.04. The highest BCUT2D eigenvalue weighted by Crippen LogP contribution is 2.32. The van der Waals surface area contributed by atoms with Crippen molar-refractivity contribution in [3.8, 4) is 5.75 Å². The Balaban J connectivity index is 1.59. The van der Waals surface area contributed by atoms with Crippen LogP contribution in [0.25, 0.3) is 21.7 Å². The lowest BCUT2D eigenvalue weighted by Gasteiger charge is -2.01. The molecule has 0 bridgehead atoms. The summed E-state index contributed by atoms with van der Waals surface area (Å²) in [7, 11) is 0. The normalized spacial score (nSPS) is 11.3. The molecular weight excluding hydrogens is 442 g/mol. The summed E-state index contributed by atoms with van der Waals surface area (Å²) in [6.07, 6.45) is 1.11. The van der Waals surface area contributed by atoms with Crippen LogP contribution in [0.4, 0.5) is 5.69 Å². The number of nitrogens with zero attached hydrogens (tertiary/aromatic N) is 2. The largest absolute Gasteiger partial charge is 0.502 e. The number of amides is 1. The first kappa shape index (κ1) is 18.6. The predicted octanol–water partition coefficient (Wildman–Crippen LogP) is 4.73. The van der Waals surface area contributed by atoms with Gasteiger partial charge in [-0.25, -0.2) is 5.43 Å². The molecule has 3 aromatic carbocycles. The van der Waals surface area contributed by atoms with Crippen LogP contribution in [-0.4, -0.2) is 22.2 Å². The average Bonchev–Trinajstić information content (AvgIpc) is 3.15. The molecule has 0 aliphatic carbocycles. The lowest BCUT2D eigenvalue weighted by atomic mass is 10.1. The van der Waals surface area contributed by atoms with Crippen LogP contribution in [-0.2, 0) is 0 Å². The maximum Gasteiger partial charge on any atom is 0.312 e. The molecule has 4 rings (SSSR count). The van der Waals surface area contributed by atoms with Crippen LogP contribution in [0.5, 0.6) is 5.75 Å². The molecule has 0 saturated carbocycles. The molecule has 144 valence electrons. The number of benzene rings is 3. The van der Waals surface area contributed by atoms with E-state index >= 15 is 0 Å². The SMILES string of the molecule is O=C(N/N=C\c1cc(Br)cc([N+](=O)[O-])c1O)c1cc2c(ccc3ccccc32)o1. The van der Waals surface area contributed by atoms with Crippen molar-refractivity contribution < 1.29 is 19.2 Å². The van der Waals surface area contributed by atoms with Gasteiger partial charge in [-0.15, -0.1) is 0 Å². The lowest BCUT2D eigenvalue weighted by molar-refractivity contribution is -0.385. The molecule has 0 radical (unpaired) electrons. The Labute approximate surface area is 171 Å². The maximum atomic E-state index is 12.4. The number of nitrogens with one attached hydrogen (secondary N) is 1. The van der Waals surface area contributed by atoms with Gasteiger partial charge in [-0.1, -0.05) is 46.3 Å². The Hall–Kier alpha value is -3.72. The molecule has 2 N–H and O–H groups in total. The summed E-state index contributed by atoms with van der Waals surface area (Å²) in [5.74, 6) is -1.07. The van der Waals surface area contributed by atoms with Crippen molar-refractivity contribution in [1.82, 2.24) is 5.43 Å². The van der Waals surface area contributed by atoms with E-state index in [2.05, 4.69) is 26.5 Å². The molecule has 0 aliphatic rings. The van der Waals surface area contributed by atoms with Gasteiger partial charge in [0.15, 0.2) is 5.76 Å². The number of phenols is 1. The first-order valence-electron chi connectivity index (χ1n) is 8.35. The Bertz CT molecular complexity index is 1310. The minimum absolute atomic E-state index is 0.0675. The molecule has 0 fully saturated rings. The number of aromatic hydroxyl groups is 1. The third-order valence-electron chi connectivity index (χ3n) is 4.30. The topological polar surface area (TPSA) is 118 Å². The van der Waals surface area contributed by atoms with E-state index in [4.69, 9.17) is 4.42 Å². The zero-order valence-electron chi connectivity index (χ0n) is 14.6. The molecule has 1 heterocycles. The molecule has 1 amide bonds. The van der Waals surface area contributed by atoms with Crippen LogP contribution < -0.4 is 5.43 Å². The molecule has 0 saturated heterocycles. The third kappa shape index (κ3) is 3.55. The van der Waals surface area contributed by atoms with Gasteiger partial charge in [0.2, 0.25) is 5.75 Å². The van der Waals surface area contributed by atoms with Gasteiger partial charge in [0, 0.05) is 21.5 Å². The summed E-state index contributed by atoms with van der Waals surface area (Å²) < 4.78 is 5.99. The molecule has 4 aromatic rings. The van der Waals surface area contributed by atoms with Crippen molar-refractivity contribution in [1.29, 1.82) is 0 Å². The van der Waals surface area contributed by atoms with Gasteiger partial charge < -0.3 is 9.52 Å². The number of hydrogen-bond acceptors (Lipinski definition) is 6. The van der Waals surface area contributed by atoms with Crippen LogP contribution in [0, 0.1) is 10.1 Å². The monoisotopic (exact) mass is 453 g/mol. The molecule has 0 unspecified atom stereocenters. The van der Waals surface area contributed by atoms with Crippen LogP contribution in [0.15, 0.2) is 68.6 Å². The Morgan fingerprint density at radius 2 is 1.97 bits per heavy atom. The molecule has 29 heavy (non-hydrogen) atoms. The minimum Gasteiger partial charge on any atom is -0.502 e. The van der Waals surface area contributed by atoms with Crippen molar-refractivity contribution in [2.24, 2.45) is 5.10 Å². The lowest BCUT2D eigenvalue weighted by Crippen LogP contribution is -2.16. The Morgan fingerprint density at radius 1 is 1.17 bits per heavy atom. The van der Waals surface area contributed by atoms with E-state index in [1.807, 2.05) is 30.3 Å². The Kier molecular flexibility index (Phi) is 4.73. The van der Waals surface area contributed by atoms with Crippen molar-refractivity contribution >= 4 is 55.5 Å². The molecule has 0 aliphatic heterocycles. The first-order valence-corrected chi connectivity index (χ1v) is 9.15. The highest BCUT2D eigenvalue weighted by atomic mass is 79.9. The van der Waals surface area contributed by atoms with Crippen LogP contribution >= 0.6 is 15.9 Å². The van der Waals surface area contributed by atoms with Gasteiger partial charge in [0.25, 0.3) is 0 Å². The summed E-state index contributed by atoms with van der Waals surface area (Å²) in [5.41, 5.74) is 2.46. The van der Waals surface area contributed by atoms with Crippen LogP contribution in [0.1, 0.15) is 16.1 Å². The Morgan fingerprint density at radius 3 is 2.76 bits per heavy atom. The summed E-state index contributed by atoms with van der Waals surface area (Å²) in [6.45, 7) is 0.